The van der Waals surface area contributed by atoms with Gasteiger partial charge in [-0.1, -0.05) is 6.92 Å². The number of nitrogens with one attached hydrogen (secondary N) is 1. The molecule has 0 heterocycles. The van der Waals surface area contributed by atoms with Crippen molar-refractivity contribution < 1.29 is 14.8 Å². The number of carbonyl (C=O) groups excluding carboxylic acids is 1. The van der Waals surface area contributed by atoms with Crippen LogP contribution in [0.2, 0.25) is 0 Å². The van der Waals surface area contributed by atoms with Crippen molar-refractivity contribution in [3.8, 4) is 0 Å². The molecule has 0 aromatic heterocycles. The fourth-order valence-corrected chi connectivity index (χ4v) is 1.94. The van der Waals surface area contributed by atoms with E-state index in [1.54, 1.807) is 6.92 Å². The van der Waals surface area contributed by atoms with Crippen molar-refractivity contribution >= 4 is 17.3 Å². The second-order valence-electron chi connectivity index (χ2n) is 4.71. The van der Waals surface area contributed by atoms with E-state index in [2.05, 4.69) is 5.32 Å². The quantitative estimate of drug-likeness (QED) is 0.560. The van der Waals surface area contributed by atoms with E-state index in [0.717, 1.165) is 6.54 Å². The predicted octanol–water partition coefficient (Wildman–Crippen LogP) is 1.55. The summed E-state index contributed by atoms with van der Waals surface area (Å²) >= 11 is 0. The Morgan fingerprint density at radius 3 is 2.67 bits per heavy atom. The molecular formula is C14H21N3O4. The van der Waals surface area contributed by atoms with Gasteiger partial charge < -0.3 is 15.3 Å². The van der Waals surface area contributed by atoms with Crippen LogP contribution < -0.4 is 5.32 Å². The third-order valence-corrected chi connectivity index (χ3v) is 3.21. The Morgan fingerprint density at radius 1 is 1.43 bits per heavy atom. The average Bonchev–Trinajstić information content (AvgIpc) is 2.45. The fraction of sp³-hybridized carbons (Fsp3) is 0.500. The van der Waals surface area contributed by atoms with Gasteiger partial charge in [0.2, 0.25) is 5.91 Å². The lowest BCUT2D eigenvalue weighted by molar-refractivity contribution is -0.384. The van der Waals surface area contributed by atoms with E-state index in [1.165, 1.54) is 18.2 Å². The fourth-order valence-electron chi connectivity index (χ4n) is 1.94. The van der Waals surface area contributed by atoms with Gasteiger partial charge in [0.15, 0.2) is 0 Å². The number of rotatable bonds is 8. The monoisotopic (exact) mass is 295 g/mol. The van der Waals surface area contributed by atoms with E-state index >= 15 is 0 Å². The standard InChI is InChI=1S/C14H21N3O4/c1-3-16(8-9-18)7-6-14(19)15-13-5-4-12(17(20)21)10-11(13)2/h4-5,10,18H,3,6-9H2,1-2H3,(H,15,19). The van der Waals surface area contributed by atoms with Crippen LogP contribution in [-0.2, 0) is 4.79 Å². The molecule has 1 aromatic rings. The SMILES string of the molecule is CCN(CCO)CCC(=O)Nc1ccc([N+](=O)[O-])cc1C. The molecule has 0 saturated heterocycles. The lowest BCUT2D eigenvalue weighted by Gasteiger charge is -2.18. The van der Waals surface area contributed by atoms with E-state index in [9.17, 15) is 14.9 Å². The number of hydrogen-bond acceptors (Lipinski definition) is 5. The summed E-state index contributed by atoms with van der Waals surface area (Å²) in [4.78, 5) is 24.0. The number of nitrogens with zero attached hydrogens (tertiary/aromatic N) is 2. The zero-order chi connectivity index (χ0) is 15.8. The number of aliphatic hydroxyl groups is 1. The normalized spacial score (nSPS) is 10.7. The van der Waals surface area contributed by atoms with E-state index in [4.69, 9.17) is 5.11 Å². The molecule has 0 bridgehead atoms. The number of amides is 1. The minimum Gasteiger partial charge on any atom is -0.395 e. The highest BCUT2D eigenvalue weighted by Gasteiger charge is 2.11. The van der Waals surface area contributed by atoms with Gasteiger partial charge >= 0.3 is 0 Å². The Morgan fingerprint density at radius 2 is 2.14 bits per heavy atom. The molecule has 7 nitrogen and oxygen atoms in total. The minimum absolute atomic E-state index is 0.00519. The summed E-state index contributed by atoms with van der Waals surface area (Å²) in [6, 6.07) is 4.34. The van der Waals surface area contributed by atoms with Gasteiger partial charge in [0.25, 0.3) is 5.69 Å². The summed E-state index contributed by atoms with van der Waals surface area (Å²) in [5, 5.41) is 22.3. The number of non-ortho nitro benzene ring substituents is 1. The summed E-state index contributed by atoms with van der Waals surface area (Å²) in [5.74, 6) is -0.150. The Bertz CT molecular complexity index is 505. The number of anilines is 1. The number of carbonyl (C=O) groups is 1. The smallest absolute Gasteiger partial charge is 0.269 e. The van der Waals surface area contributed by atoms with Crippen molar-refractivity contribution in [1.82, 2.24) is 4.90 Å². The highest BCUT2D eigenvalue weighted by molar-refractivity contribution is 5.91. The Balaban J connectivity index is 2.57. The first-order valence-corrected chi connectivity index (χ1v) is 6.86. The zero-order valence-electron chi connectivity index (χ0n) is 12.3. The van der Waals surface area contributed by atoms with E-state index in [0.29, 0.717) is 30.8 Å². The number of aryl methyl sites for hydroxylation is 1. The van der Waals surface area contributed by atoms with Crippen LogP contribution >= 0.6 is 0 Å². The van der Waals surface area contributed by atoms with Gasteiger partial charge in [-0.15, -0.1) is 0 Å². The lowest BCUT2D eigenvalue weighted by Crippen LogP contribution is -2.30. The summed E-state index contributed by atoms with van der Waals surface area (Å²) in [5.41, 5.74) is 1.24. The van der Waals surface area contributed by atoms with Crippen LogP contribution in [0.1, 0.15) is 18.9 Å². The molecule has 0 aliphatic rings. The molecule has 1 aromatic carbocycles. The zero-order valence-corrected chi connectivity index (χ0v) is 12.3. The number of aliphatic hydroxyl groups excluding tert-OH is 1. The second kappa shape index (κ2) is 8.33. The first-order chi connectivity index (χ1) is 9.97. The predicted molar refractivity (Wildman–Crippen MR) is 80.3 cm³/mol. The summed E-state index contributed by atoms with van der Waals surface area (Å²) < 4.78 is 0. The molecule has 0 aliphatic carbocycles. The Hall–Kier alpha value is -1.99. The Kier molecular flexibility index (Phi) is 6.77. The number of hydrogen-bond donors (Lipinski definition) is 2. The van der Waals surface area contributed by atoms with E-state index < -0.39 is 4.92 Å². The summed E-state index contributed by atoms with van der Waals surface area (Å²) in [6.45, 7) is 5.62. The number of nitro groups is 1. The van der Waals surface area contributed by atoms with Crippen molar-refractivity contribution in [2.24, 2.45) is 0 Å². The maximum absolute atomic E-state index is 11.9. The topological polar surface area (TPSA) is 95.7 Å². The van der Waals surface area contributed by atoms with Gasteiger partial charge in [0, 0.05) is 37.3 Å². The molecule has 0 unspecified atom stereocenters. The van der Waals surface area contributed by atoms with Crippen molar-refractivity contribution in [3.05, 3.63) is 33.9 Å². The molecular weight excluding hydrogens is 274 g/mol. The molecule has 7 heteroatoms. The van der Waals surface area contributed by atoms with Crippen LogP contribution in [0.3, 0.4) is 0 Å². The van der Waals surface area contributed by atoms with Gasteiger partial charge in [-0.05, 0) is 25.1 Å². The average molecular weight is 295 g/mol. The van der Waals surface area contributed by atoms with Gasteiger partial charge in [-0.2, -0.15) is 0 Å². The van der Waals surface area contributed by atoms with Gasteiger partial charge in [-0.3, -0.25) is 14.9 Å². The van der Waals surface area contributed by atoms with Crippen LogP contribution in [0.5, 0.6) is 0 Å². The molecule has 0 radical (unpaired) electrons. The molecule has 21 heavy (non-hydrogen) atoms. The lowest BCUT2D eigenvalue weighted by atomic mass is 10.1. The minimum atomic E-state index is -0.466. The van der Waals surface area contributed by atoms with Crippen LogP contribution in [0.4, 0.5) is 11.4 Å². The van der Waals surface area contributed by atoms with Crippen LogP contribution in [0.25, 0.3) is 0 Å². The maximum Gasteiger partial charge on any atom is 0.269 e. The number of nitro benzene ring substituents is 1. The third-order valence-electron chi connectivity index (χ3n) is 3.21. The Labute approximate surface area is 123 Å². The molecule has 0 spiro atoms. The van der Waals surface area contributed by atoms with Gasteiger partial charge in [0.1, 0.15) is 0 Å². The molecule has 0 fully saturated rings. The highest BCUT2D eigenvalue weighted by atomic mass is 16.6. The van der Waals surface area contributed by atoms with Crippen LogP contribution in [-0.4, -0.2) is 47.1 Å². The molecule has 1 rings (SSSR count). The summed E-state index contributed by atoms with van der Waals surface area (Å²) in [7, 11) is 0. The van der Waals surface area contributed by atoms with Gasteiger partial charge in [0.05, 0.1) is 11.5 Å². The largest absolute Gasteiger partial charge is 0.395 e. The van der Waals surface area contributed by atoms with Crippen molar-refractivity contribution in [2.75, 3.05) is 31.6 Å². The molecule has 116 valence electrons. The van der Waals surface area contributed by atoms with Crippen LogP contribution in [0.15, 0.2) is 18.2 Å². The highest BCUT2D eigenvalue weighted by Crippen LogP contribution is 2.21. The maximum atomic E-state index is 11.9. The molecule has 2 N–H and O–H groups in total. The third kappa shape index (κ3) is 5.49. The van der Waals surface area contributed by atoms with Gasteiger partial charge in [-0.25, -0.2) is 0 Å². The molecule has 1 amide bonds. The molecule has 0 saturated carbocycles. The van der Waals surface area contributed by atoms with Crippen molar-refractivity contribution in [2.45, 2.75) is 20.3 Å². The first-order valence-electron chi connectivity index (χ1n) is 6.86. The number of likely N-dealkylation sites (N-methyl/N-ethyl adjacent to an activating group) is 1. The molecule has 0 aliphatic heterocycles. The molecule has 0 atom stereocenters. The second-order valence-corrected chi connectivity index (χ2v) is 4.71. The van der Waals surface area contributed by atoms with Crippen molar-refractivity contribution in [3.63, 3.8) is 0 Å². The van der Waals surface area contributed by atoms with E-state index in [1.807, 2.05) is 11.8 Å². The van der Waals surface area contributed by atoms with E-state index in [-0.39, 0.29) is 18.2 Å². The van der Waals surface area contributed by atoms with Crippen LogP contribution in [0, 0.1) is 17.0 Å². The van der Waals surface area contributed by atoms with Crippen molar-refractivity contribution in [1.29, 1.82) is 0 Å². The first kappa shape index (κ1) is 17.1. The number of benzene rings is 1. The summed E-state index contributed by atoms with van der Waals surface area (Å²) in [6.07, 6.45) is 0.310.